The van der Waals surface area contributed by atoms with Gasteiger partial charge in [-0.2, -0.15) is 9.49 Å². The van der Waals surface area contributed by atoms with E-state index in [-0.39, 0.29) is 11.7 Å². The molecule has 1 aromatic heterocycles. The van der Waals surface area contributed by atoms with Gasteiger partial charge in [0.05, 0.1) is 17.5 Å². The second kappa shape index (κ2) is 5.95. The first kappa shape index (κ1) is 14.4. The number of aryl methyl sites for hydroxylation is 1. The van der Waals surface area contributed by atoms with Gasteiger partial charge < -0.3 is 9.45 Å². The van der Waals surface area contributed by atoms with Crippen LogP contribution in [-0.4, -0.2) is 49.6 Å². The summed E-state index contributed by atoms with van der Waals surface area (Å²) >= 11 is -2.60. The quantitative estimate of drug-likeness (QED) is 0.612. The number of likely N-dealkylation sites (tertiary alicyclic amines) is 1. The first-order valence-corrected chi connectivity index (χ1v) is 7.04. The maximum absolute atomic E-state index is 13.7. The molecule has 1 aromatic rings. The van der Waals surface area contributed by atoms with E-state index in [9.17, 15) is 13.2 Å². The van der Waals surface area contributed by atoms with Gasteiger partial charge in [-0.1, -0.05) is 0 Å². The Kier molecular flexibility index (Phi) is 4.50. The fraction of sp³-hybridized carbons (Fsp3) is 0.700. The Labute approximate surface area is 113 Å². The van der Waals surface area contributed by atoms with E-state index >= 15 is 0 Å². The van der Waals surface area contributed by atoms with Gasteiger partial charge in [0.15, 0.2) is 0 Å². The zero-order valence-corrected chi connectivity index (χ0v) is 11.7. The van der Waals surface area contributed by atoms with Crippen molar-refractivity contribution in [2.45, 2.75) is 18.9 Å². The first-order chi connectivity index (χ1) is 8.99. The molecule has 2 unspecified atom stereocenters. The van der Waals surface area contributed by atoms with E-state index in [1.807, 2.05) is 7.05 Å². The van der Waals surface area contributed by atoms with Crippen LogP contribution in [0.25, 0.3) is 0 Å². The van der Waals surface area contributed by atoms with Crippen molar-refractivity contribution in [2.24, 2.45) is 7.05 Å². The summed E-state index contributed by atoms with van der Waals surface area (Å²) in [6.45, 7) is 1.70. The lowest BCUT2D eigenvalue weighted by molar-refractivity contribution is 0.229. The van der Waals surface area contributed by atoms with Gasteiger partial charge in [0, 0.05) is 19.6 Å². The van der Waals surface area contributed by atoms with E-state index in [4.69, 9.17) is 0 Å². The van der Waals surface area contributed by atoms with Crippen molar-refractivity contribution >= 4 is 17.0 Å². The Bertz CT molecular complexity index is 469. The molecule has 1 aliphatic heterocycles. The molecule has 1 fully saturated rings. The largest absolute Gasteiger partial charge is 0.754 e. The molecule has 19 heavy (non-hydrogen) atoms. The van der Waals surface area contributed by atoms with Crippen molar-refractivity contribution in [2.75, 3.05) is 24.6 Å². The van der Waals surface area contributed by atoms with Gasteiger partial charge in [0.25, 0.3) is 0 Å². The van der Waals surface area contributed by atoms with Crippen molar-refractivity contribution in [3.8, 4) is 0 Å². The fourth-order valence-corrected chi connectivity index (χ4v) is 2.70. The van der Waals surface area contributed by atoms with E-state index in [0.717, 1.165) is 35.0 Å². The smallest absolute Gasteiger partial charge is 0.237 e. The van der Waals surface area contributed by atoms with Crippen LogP contribution in [0.5, 0.6) is 0 Å². The number of hydrazine groups is 1. The summed E-state index contributed by atoms with van der Waals surface area (Å²) in [5, 5.41) is 3.70. The van der Waals surface area contributed by atoms with Gasteiger partial charge in [0.1, 0.15) is 5.69 Å². The van der Waals surface area contributed by atoms with Crippen LogP contribution in [0.1, 0.15) is 12.8 Å². The van der Waals surface area contributed by atoms with E-state index in [1.165, 1.54) is 13.2 Å². The number of nitrogens with zero attached hydrogens (tertiary/aromatic N) is 4. The number of halogens is 1. The number of hydrogen-bond donors (Lipinski definition) is 1. The molecule has 2 heterocycles. The molecule has 2 atom stereocenters. The zero-order chi connectivity index (χ0) is 14.0. The van der Waals surface area contributed by atoms with E-state index < -0.39 is 17.2 Å². The normalized spacial score (nSPS) is 22.4. The van der Waals surface area contributed by atoms with Gasteiger partial charge in [-0.05, 0) is 26.4 Å². The molecule has 1 N–H and O–H groups in total. The molecule has 2 rings (SSSR count). The van der Waals surface area contributed by atoms with Crippen LogP contribution in [-0.2, 0) is 18.3 Å². The molecule has 0 amide bonds. The molecule has 0 spiro atoms. The molecule has 1 aliphatic rings. The molecule has 9 heteroatoms. The molecular weight excluding hydrogens is 273 g/mol. The summed E-state index contributed by atoms with van der Waals surface area (Å²) in [5.41, 5.74) is 2.75. The van der Waals surface area contributed by atoms with E-state index in [2.05, 4.69) is 15.4 Å². The molecular formula is C10H17FN5O2S-. The van der Waals surface area contributed by atoms with Crippen molar-refractivity contribution < 1.29 is 13.2 Å². The summed E-state index contributed by atoms with van der Waals surface area (Å²) in [7, 11) is 3.39. The average molecular weight is 290 g/mol. The molecule has 0 radical (unpaired) electrons. The van der Waals surface area contributed by atoms with Gasteiger partial charge in [-0.3, -0.25) is 4.21 Å². The number of rotatable bonds is 4. The highest BCUT2D eigenvalue weighted by molar-refractivity contribution is 7.80. The fourth-order valence-electron chi connectivity index (χ4n) is 2.18. The molecule has 0 aliphatic carbocycles. The van der Waals surface area contributed by atoms with Gasteiger partial charge in [0.2, 0.25) is 5.95 Å². The first-order valence-electron chi connectivity index (χ1n) is 6.00. The summed E-state index contributed by atoms with van der Waals surface area (Å²) in [5.74, 6) is -0.694. The number of piperidine rings is 1. The zero-order valence-electron chi connectivity index (χ0n) is 10.9. The predicted molar refractivity (Wildman–Crippen MR) is 68.2 cm³/mol. The minimum absolute atomic E-state index is 0.0312. The third-order valence-corrected chi connectivity index (χ3v) is 3.74. The lowest BCUT2D eigenvalue weighted by Gasteiger charge is -2.35. The number of nitrogens with one attached hydrogen (secondary N) is 1. The van der Waals surface area contributed by atoms with Gasteiger partial charge in [-0.25, -0.2) is 14.5 Å². The van der Waals surface area contributed by atoms with E-state index in [0.29, 0.717) is 0 Å². The van der Waals surface area contributed by atoms with Crippen LogP contribution >= 0.6 is 0 Å². The van der Waals surface area contributed by atoms with Crippen molar-refractivity contribution in [3.63, 3.8) is 0 Å². The van der Waals surface area contributed by atoms with Crippen LogP contribution in [0.3, 0.4) is 0 Å². The van der Waals surface area contributed by atoms with Crippen LogP contribution in [0.4, 0.5) is 10.1 Å². The van der Waals surface area contributed by atoms with E-state index in [1.54, 1.807) is 0 Å². The highest BCUT2D eigenvalue weighted by Gasteiger charge is 2.23. The molecule has 0 bridgehead atoms. The minimum atomic E-state index is -2.60. The summed E-state index contributed by atoms with van der Waals surface area (Å²) in [4.78, 5) is 2.10. The predicted octanol–water partition coefficient (Wildman–Crippen LogP) is -0.241. The molecule has 7 nitrogen and oxygen atoms in total. The Morgan fingerprint density at radius 1 is 1.63 bits per heavy atom. The SMILES string of the molecule is CN1CCCC(NN(c2cnn(C)c2F)S(=O)[O-])C1. The Hall–Kier alpha value is -1.03. The summed E-state index contributed by atoms with van der Waals surface area (Å²) in [6.07, 6.45) is 3.01. The van der Waals surface area contributed by atoms with Crippen molar-refractivity contribution in [1.29, 1.82) is 0 Å². The second-order valence-corrected chi connectivity index (χ2v) is 5.49. The third kappa shape index (κ3) is 3.30. The summed E-state index contributed by atoms with van der Waals surface area (Å²) in [6, 6.07) is -0.0312. The highest BCUT2D eigenvalue weighted by atomic mass is 32.2. The van der Waals surface area contributed by atoms with Crippen LogP contribution in [0.15, 0.2) is 6.20 Å². The maximum atomic E-state index is 13.7. The average Bonchev–Trinajstić information content (AvgIpc) is 2.67. The lowest BCUT2D eigenvalue weighted by Crippen LogP contribution is -2.52. The summed E-state index contributed by atoms with van der Waals surface area (Å²) < 4.78 is 38.1. The third-order valence-electron chi connectivity index (χ3n) is 3.14. The Morgan fingerprint density at radius 2 is 2.37 bits per heavy atom. The highest BCUT2D eigenvalue weighted by Crippen LogP contribution is 2.19. The minimum Gasteiger partial charge on any atom is -0.754 e. The monoisotopic (exact) mass is 290 g/mol. The number of likely N-dealkylation sites (N-methyl/N-ethyl adjacent to an activating group) is 1. The van der Waals surface area contributed by atoms with Crippen LogP contribution < -0.4 is 9.84 Å². The molecule has 1 saturated heterocycles. The topological polar surface area (TPSA) is 76.5 Å². The van der Waals surface area contributed by atoms with Gasteiger partial charge >= 0.3 is 0 Å². The van der Waals surface area contributed by atoms with Crippen molar-refractivity contribution in [1.82, 2.24) is 20.1 Å². The number of hydrogen-bond acceptors (Lipinski definition) is 5. The Morgan fingerprint density at radius 3 is 2.89 bits per heavy atom. The molecule has 0 saturated carbocycles. The number of anilines is 1. The maximum Gasteiger partial charge on any atom is 0.237 e. The van der Waals surface area contributed by atoms with Gasteiger partial charge in [-0.15, -0.1) is 0 Å². The Balaban J connectivity index is 2.12. The standard InChI is InChI=1S/C10H18FN5O2S/c1-14-5-3-4-8(7-14)13-16(19(17)18)9-6-12-15(2)10(9)11/h6,8,13H,3-5,7H2,1-2H3,(H,17,18)/p-1. The molecule has 0 aromatic carbocycles. The van der Waals surface area contributed by atoms with Crippen molar-refractivity contribution in [3.05, 3.63) is 12.1 Å². The van der Waals surface area contributed by atoms with Crippen LogP contribution in [0.2, 0.25) is 0 Å². The second-order valence-electron chi connectivity index (χ2n) is 4.69. The van der Waals surface area contributed by atoms with Crippen LogP contribution in [0, 0.1) is 5.95 Å². The number of aromatic nitrogens is 2. The molecule has 108 valence electrons. The lowest BCUT2D eigenvalue weighted by atomic mass is 10.1.